The number of nitrogens with zero attached hydrogens (tertiary/aromatic N) is 1. The van der Waals surface area contributed by atoms with Crippen LogP contribution in [0.15, 0.2) is 30.3 Å². The van der Waals surface area contributed by atoms with Crippen LogP contribution in [0.4, 0.5) is 13.2 Å². The van der Waals surface area contributed by atoms with E-state index in [2.05, 4.69) is 35.2 Å². The summed E-state index contributed by atoms with van der Waals surface area (Å²) < 4.78 is 49.2. The van der Waals surface area contributed by atoms with Gasteiger partial charge in [-0.25, -0.2) is 4.79 Å². The van der Waals surface area contributed by atoms with Crippen LogP contribution in [0.25, 0.3) is 0 Å². The Labute approximate surface area is 180 Å². The number of halogens is 3. The number of benzene rings is 1. The molecule has 4 rings (SSSR count). The number of hydrogen-bond donors (Lipinski definition) is 1. The van der Waals surface area contributed by atoms with Gasteiger partial charge in [-0.3, -0.25) is 4.90 Å². The maximum absolute atomic E-state index is 10.6. The summed E-state index contributed by atoms with van der Waals surface area (Å²) in [7, 11) is 0. The number of rotatable bonds is 6. The zero-order chi connectivity index (χ0) is 22.3. The second-order valence-electron chi connectivity index (χ2n) is 8.60. The lowest BCUT2D eigenvalue weighted by atomic mass is 9.82. The third-order valence-corrected chi connectivity index (χ3v) is 6.17. The lowest BCUT2D eigenvalue weighted by Gasteiger charge is -2.29. The van der Waals surface area contributed by atoms with E-state index >= 15 is 0 Å². The summed E-state index contributed by atoms with van der Waals surface area (Å²) >= 11 is 0. The standard InChI is InChI=1S/C20H29NO3.C2HF3O2/c1-2-4-17(5-3-1)10-21-11-19-13-24-16-20(19,14-21)15-23-12-18-6-8-22-9-7-18;3-2(4,5)1(6)7/h1-5,18-19H,6-16H2;(H,6,7)/t19-,20-;/m1./s1. The maximum atomic E-state index is 10.6. The first-order chi connectivity index (χ1) is 14.8. The van der Waals surface area contributed by atoms with Gasteiger partial charge in [0.15, 0.2) is 0 Å². The van der Waals surface area contributed by atoms with Crippen molar-refractivity contribution in [2.75, 3.05) is 52.7 Å². The summed E-state index contributed by atoms with van der Waals surface area (Å²) in [4.78, 5) is 11.5. The van der Waals surface area contributed by atoms with Crippen molar-refractivity contribution in [1.82, 2.24) is 4.90 Å². The molecule has 1 N–H and O–H groups in total. The van der Waals surface area contributed by atoms with Gasteiger partial charge in [0.05, 0.1) is 19.8 Å². The summed E-state index contributed by atoms with van der Waals surface area (Å²) in [6, 6.07) is 10.8. The highest BCUT2D eigenvalue weighted by molar-refractivity contribution is 5.73. The number of ether oxygens (including phenoxy) is 3. The molecule has 0 radical (unpaired) electrons. The fourth-order valence-electron chi connectivity index (χ4n) is 4.45. The fraction of sp³-hybridized carbons (Fsp3) is 0.682. The summed E-state index contributed by atoms with van der Waals surface area (Å²) in [5.41, 5.74) is 1.61. The monoisotopic (exact) mass is 445 g/mol. The summed E-state index contributed by atoms with van der Waals surface area (Å²) in [5.74, 6) is -1.46. The predicted molar refractivity (Wildman–Crippen MR) is 107 cm³/mol. The van der Waals surface area contributed by atoms with E-state index in [4.69, 9.17) is 24.1 Å². The minimum atomic E-state index is -5.08. The SMILES string of the molecule is O=C(O)C(F)(F)F.c1ccc(CN2C[C@@H]3COC[C@]3(COCC3CCOCC3)C2)cc1. The van der Waals surface area contributed by atoms with Gasteiger partial charge in [0.1, 0.15) is 0 Å². The van der Waals surface area contributed by atoms with E-state index in [1.807, 2.05) is 0 Å². The summed E-state index contributed by atoms with van der Waals surface area (Å²) in [6.07, 6.45) is -2.79. The molecule has 3 aliphatic heterocycles. The van der Waals surface area contributed by atoms with Crippen LogP contribution in [-0.4, -0.2) is 74.9 Å². The molecule has 0 bridgehead atoms. The van der Waals surface area contributed by atoms with E-state index < -0.39 is 12.1 Å². The molecule has 3 fully saturated rings. The molecule has 0 spiro atoms. The van der Waals surface area contributed by atoms with Crippen LogP contribution in [0.3, 0.4) is 0 Å². The Morgan fingerprint density at radius 1 is 1.19 bits per heavy atom. The number of carboxylic acids is 1. The second-order valence-corrected chi connectivity index (χ2v) is 8.60. The van der Waals surface area contributed by atoms with Crippen molar-refractivity contribution in [1.29, 1.82) is 0 Å². The smallest absolute Gasteiger partial charge is 0.475 e. The van der Waals surface area contributed by atoms with Gasteiger partial charge in [-0.2, -0.15) is 13.2 Å². The van der Waals surface area contributed by atoms with Gasteiger partial charge < -0.3 is 19.3 Å². The highest BCUT2D eigenvalue weighted by Crippen LogP contribution is 2.42. The molecule has 1 aromatic rings. The lowest BCUT2D eigenvalue weighted by molar-refractivity contribution is -0.192. The number of carboxylic acid groups (broad SMARTS) is 1. The van der Waals surface area contributed by atoms with Crippen molar-refractivity contribution in [2.45, 2.75) is 25.6 Å². The Bertz CT molecular complexity index is 696. The molecule has 1 aromatic carbocycles. The highest BCUT2D eigenvalue weighted by Gasteiger charge is 2.50. The molecule has 0 amide bonds. The Kier molecular flexibility index (Phi) is 8.32. The third kappa shape index (κ3) is 6.90. The van der Waals surface area contributed by atoms with Gasteiger partial charge in [0.25, 0.3) is 0 Å². The molecular weight excluding hydrogens is 415 g/mol. The molecule has 3 aliphatic rings. The molecule has 2 atom stereocenters. The van der Waals surface area contributed by atoms with Gasteiger partial charge >= 0.3 is 12.1 Å². The van der Waals surface area contributed by atoms with E-state index in [0.29, 0.717) is 11.8 Å². The van der Waals surface area contributed by atoms with E-state index in [9.17, 15) is 13.2 Å². The van der Waals surface area contributed by atoms with Crippen LogP contribution in [-0.2, 0) is 25.5 Å². The van der Waals surface area contributed by atoms with Crippen LogP contribution >= 0.6 is 0 Å². The minimum absolute atomic E-state index is 0.208. The van der Waals surface area contributed by atoms with Crippen LogP contribution in [0.2, 0.25) is 0 Å². The van der Waals surface area contributed by atoms with E-state index in [1.165, 1.54) is 5.56 Å². The molecule has 174 valence electrons. The lowest BCUT2D eigenvalue weighted by Crippen LogP contribution is -2.36. The highest BCUT2D eigenvalue weighted by atomic mass is 19.4. The van der Waals surface area contributed by atoms with Gasteiger partial charge in [-0.1, -0.05) is 30.3 Å². The zero-order valence-corrected chi connectivity index (χ0v) is 17.5. The Morgan fingerprint density at radius 2 is 1.87 bits per heavy atom. The van der Waals surface area contributed by atoms with Gasteiger partial charge in [0, 0.05) is 50.8 Å². The topological polar surface area (TPSA) is 68.2 Å². The van der Waals surface area contributed by atoms with Crippen LogP contribution < -0.4 is 0 Å². The molecule has 0 unspecified atom stereocenters. The molecular formula is C22H30F3NO5. The average molecular weight is 445 g/mol. The van der Waals surface area contributed by atoms with E-state index in [1.54, 1.807) is 0 Å². The minimum Gasteiger partial charge on any atom is -0.475 e. The number of carbonyl (C=O) groups is 1. The van der Waals surface area contributed by atoms with Crippen LogP contribution in [0, 0.1) is 17.3 Å². The van der Waals surface area contributed by atoms with Crippen LogP contribution in [0.1, 0.15) is 18.4 Å². The van der Waals surface area contributed by atoms with Crippen molar-refractivity contribution >= 4 is 5.97 Å². The average Bonchev–Trinajstić information content (AvgIpc) is 3.26. The quantitative estimate of drug-likeness (QED) is 0.725. The molecule has 3 heterocycles. The van der Waals surface area contributed by atoms with Crippen molar-refractivity contribution in [2.24, 2.45) is 17.3 Å². The zero-order valence-electron chi connectivity index (χ0n) is 17.5. The number of aliphatic carboxylic acids is 1. The first kappa shape index (κ1) is 24.0. The first-order valence-corrected chi connectivity index (χ1v) is 10.6. The summed E-state index contributed by atoms with van der Waals surface area (Å²) in [5, 5.41) is 7.12. The molecule has 6 nitrogen and oxygen atoms in total. The molecule has 3 saturated heterocycles. The van der Waals surface area contributed by atoms with Crippen molar-refractivity contribution < 1.29 is 37.3 Å². The number of fused-ring (bicyclic) bond motifs is 1. The van der Waals surface area contributed by atoms with Gasteiger partial charge in [-0.15, -0.1) is 0 Å². The fourth-order valence-corrected chi connectivity index (χ4v) is 4.45. The summed E-state index contributed by atoms with van der Waals surface area (Å²) in [6.45, 7) is 8.56. The Morgan fingerprint density at radius 3 is 2.52 bits per heavy atom. The Hall–Kier alpha value is -1.68. The van der Waals surface area contributed by atoms with Gasteiger partial charge in [-0.05, 0) is 24.3 Å². The largest absolute Gasteiger partial charge is 0.490 e. The molecule has 0 aromatic heterocycles. The van der Waals surface area contributed by atoms with Crippen LogP contribution in [0.5, 0.6) is 0 Å². The second kappa shape index (κ2) is 10.8. The van der Waals surface area contributed by atoms with Crippen molar-refractivity contribution in [3.05, 3.63) is 35.9 Å². The van der Waals surface area contributed by atoms with E-state index in [0.717, 1.165) is 72.1 Å². The number of alkyl halides is 3. The number of likely N-dealkylation sites (tertiary alicyclic amines) is 1. The van der Waals surface area contributed by atoms with Gasteiger partial charge in [0.2, 0.25) is 0 Å². The van der Waals surface area contributed by atoms with Crippen molar-refractivity contribution in [3.63, 3.8) is 0 Å². The third-order valence-electron chi connectivity index (χ3n) is 6.17. The normalized spacial score (nSPS) is 26.9. The Balaban J connectivity index is 0.000000339. The van der Waals surface area contributed by atoms with E-state index in [-0.39, 0.29) is 5.41 Å². The molecule has 31 heavy (non-hydrogen) atoms. The molecule has 9 heteroatoms. The first-order valence-electron chi connectivity index (χ1n) is 10.6. The number of hydrogen-bond acceptors (Lipinski definition) is 5. The molecule has 0 saturated carbocycles. The molecule has 0 aliphatic carbocycles. The van der Waals surface area contributed by atoms with Crippen molar-refractivity contribution in [3.8, 4) is 0 Å². The predicted octanol–water partition coefficient (Wildman–Crippen LogP) is 3.21. The maximum Gasteiger partial charge on any atom is 0.490 e.